The number of aromatic nitrogens is 5. The Balaban J connectivity index is 1.49. The molecule has 3 aromatic heterocycles. The van der Waals surface area contributed by atoms with Crippen LogP contribution in [0.3, 0.4) is 0 Å². The van der Waals surface area contributed by atoms with Gasteiger partial charge in [-0.05, 0) is 30.2 Å². The maximum atomic E-state index is 14.7. The van der Waals surface area contributed by atoms with Crippen molar-refractivity contribution in [2.24, 2.45) is 0 Å². The molecule has 0 bridgehead atoms. The van der Waals surface area contributed by atoms with E-state index in [1.807, 2.05) is 24.3 Å². The number of fused-ring (bicyclic) bond motifs is 2. The number of ether oxygens (including phenoxy) is 1. The number of methoxy groups -OCH3 is 1. The maximum Gasteiger partial charge on any atom is 0.285 e. The molecular weight excluding hydrogens is 432 g/mol. The van der Waals surface area contributed by atoms with Crippen molar-refractivity contribution in [2.75, 3.05) is 25.5 Å². The molecule has 0 spiro atoms. The summed E-state index contributed by atoms with van der Waals surface area (Å²) in [4.78, 5) is 25.6. The van der Waals surface area contributed by atoms with Gasteiger partial charge >= 0.3 is 0 Å². The second kappa shape index (κ2) is 7.91. The number of benzene rings is 1. The minimum absolute atomic E-state index is 0.0202. The fourth-order valence-electron chi connectivity index (χ4n) is 4.10. The van der Waals surface area contributed by atoms with E-state index in [9.17, 15) is 13.6 Å². The van der Waals surface area contributed by atoms with Crippen molar-refractivity contribution in [2.45, 2.75) is 25.3 Å². The molecule has 4 heterocycles. The van der Waals surface area contributed by atoms with Crippen LogP contribution < -0.4 is 10.1 Å². The molecule has 1 unspecified atom stereocenters. The van der Waals surface area contributed by atoms with Gasteiger partial charge < -0.3 is 15.0 Å². The first kappa shape index (κ1) is 21.0. The zero-order chi connectivity index (χ0) is 23.2. The highest BCUT2D eigenvalue weighted by Crippen LogP contribution is 2.34. The van der Waals surface area contributed by atoms with Gasteiger partial charge in [0, 0.05) is 37.6 Å². The van der Waals surface area contributed by atoms with Crippen LogP contribution in [0, 0.1) is 0 Å². The van der Waals surface area contributed by atoms with Crippen molar-refractivity contribution in [3.05, 3.63) is 42.9 Å². The second-order valence-electron chi connectivity index (χ2n) is 7.91. The number of halogens is 2. The number of piperidine rings is 1. The topological polar surface area (TPSA) is 97.5 Å². The second-order valence-corrected chi connectivity index (χ2v) is 7.91. The number of rotatable bonds is 4. The molecule has 170 valence electrons. The number of nitrogens with one attached hydrogen (secondary N) is 1. The van der Waals surface area contributed by atoms with E-state index in [2.05, 4.69) is 25.4 Å². The van der Waals surface area contributed by atoms with Gasteiger partial charge in [-0.15, -0.1) is 5.10 Å². The summed E-state index contributed by atoms with van der Waals surface area (Å²) in [7, 11) is 1.47. The van der Waals surface area contributed by atoms with Crippen LogP contribution in [0.15, 0.2) is 42.9 Å². The summed E-state index contributed by atoms with van der Waals surface area (Å²) < 4.78 is 36.3. The van der Waals surface area contributed by atoms with Crippen molar-refractivity contribution in [1.29, 1.82) is 0 Å². The van der Waals surface area contributed by atoms with Gasteiger partial charge in [0.1, 0.15) is 5.52 Å². The first-order valence-electron chi connectivity index (χ1n) is 10.4. The largest absolute Gasteiger partial charge is 0.479 e. The van der Waals surface area contributed by atoms with Gasteiger partial charge in [-0.2, -0.15) is 4.98 Å². The van der Waals surface area contributed by atoms with Gasteiger partial charge in [-0.1, -0.05) is 6.07 Å². The Bertz CT molecular complexity index is 1360. The fraction of sp³-hybridized carbons (Fsp3) is 0.318. The normalized spacial score (nSPS) is 17.9. The molecule has 9 nitrogen and oxygen atoms in total. The Morgan fingerprint density at radius 3 is 2.73 bits per heavy atom. The summed E-state index contributed by atoms with van der Waals surface area (Å²) in [6.07, 6.45) is 5.06. The van der Waals surface area contributed by atoms with Gasteiger partial charge in [0.05, 0.1) is 30.7 Å². The third-order valence-electron chi connectivity index (χ3n) is 5.80. The molecule has 0 saturated carbocycles. The minimum atomic E-state index is -3.12. The van der Waals surface area contributed by atoms with Crippen LogP contribution in [0.5, 0.6) is 5.88 Å². The van der Waals surface area contributed by atoms with E-state index < -0.39 is 18.5 Å². The molecule has 11 heteroatoms. The fourth-order valence-corrected chi connectivity index (χ4v) is 4.10. The van der Waals surface area contributed by atoms with Crippen molar-refractivity contribution < 1.29 is 18.3 Å². The average molecular weight is 453 g/mol. The lowest BCUT2D eigenvalue weighted by molar-refractivity contribution is -0.140. The summed E-state index contributed by atoms with van der Waals surface area (Å²) >= 11 is 0. The number of anilines is 1. The van der Waals surface area contributed by atoms with Crippen LogP contribution in [-0.2, 0) is 4.79 Å². The number of carbonyl (C=O) groups excluding carboxylic acids is 1. The molecule has 1 aromatic carbocycles. The number of amides is 1. The average Bonchev–Trinajstić information content (AvgIpc) is 3.23. The van der Waals surface area contributed by atoms with Gasteiger partial charge in [-0.3, -0.25) is 14.8 Å². The Hall–Kier alpha value is -3.89. The SMILES string of the molecule is COc1nc(NC2CCN(C(C)=O)CC2(F)F)nn2ccc(-c3ccc4nccnc4c3)c12. The van der Waals surface area contributed by atoms with Crippen LogP contribution in [0.25, 0.3) is 27.7 Å². The van der Waals surface area contributed by atoms with Crippen molar-refractivity contribution in [3.8, 4) is 17.0 Å². The molecular formula is C22H21F2N7O2. The summed E-state index contributed by atoms with van der Waals surface area (Å²) in [6, 6.07) is 6.35. The number of nitrogens with zero attached hydrogens (tertiary/aromatic N) is 6. The highest BCUT2D eigenvalue weighted by molar-refractivity contribution is 5.89. The van der Waals surface area contributed by atoms with Gasteiger partial charge in [0.2, 0.25) is 17.7 Å². The highest BCUT2D eigenvalue weighted by Gasteiger charge is 2.45. The highest BCUT2D eigenvalue weighted by atomic mass is 19.3. The van der Waals surface area contributed by atoms with Gasteiger partial charge in [0.25, 0.3) is 5.92 Å². The van der Waals surface area contributed by atoms with Crippen LogP contribution in [0.2, 0.25) is 0 Å². The lowest BCUT2D eigenvalue weighted by Crippen LogP contribution is -2.55. The van der Waals surface area contributed by atoms with E-state index in [0.29, 0.717) is 5.52 Å². The van der Waals surface area contributed by atoms with Crippen molar-refractivity contribution >= 4 is 28.4 Å². The lowest BCUT2D eigenvalue weighted by atomic mass is 10.0. The zero-order valence-corrected chi connectivity index (χ0v) is 18.0. The van der Waals surface area contributed by atoms with E-state index in [1.165, 1.54) is 14.0 Å². The summed E-state index contributed by atoms with van der Waals surface area (Å²) in [5, 5.41) is 7.12. The number of hydrogen-bond donors (Lipinski definition) is 1. The number of carbonyl (C=O) groups is 1. The summed E-state index contributed by atoms with van der Waals surface area (Å²) in [5.41, 5.74) is 3.80. The quantitative estimate of drug-likeness (QED) is 0.507. The molecule has 1 amide bonds. The molecule has 0 aliphatic carbocycles. The zero-order valence-electron chi connectivity index (χ0n) is 18.0. The van der Waals surface area contributed by atoms with Gasteiger partial charge in [0.15, 0.2) is 0 Å². The molecule has 1 N–H and O–H groups in total. The molecule has 1 fully saturated rings. The minimum Gasteiger partial charge on any atom is -0.479 e. The molecule has 5 rings (SSSR count). The van der Waals surface area contributed by atoms with E-state index in [1.54, 1.807) is 23.1 Å². The molecule has 1 aliphatic rings. The third kappa shape index (κ3) is 3.79. The maximum absolute atomic E-state index is 14.7. The van der Waals surface area contributed by atoms with E-state index in [-0.39, 0.29) is 30.7 Å². The molecule has 0 radical (unpaired) electrons. The molecule has 1 saturated heterocycles. The van der Waals surface area contributed by atoms with E-state index >= 15 is 0 Å². The van der Waals surface area contributed by atoms with E-state index in [4.69, 9.17) is 4.74 Å². The lowest BCUT2D eigenvalue weighted by Gasteiger charge is -2.38. The summed E-state index contributed by atoms with van der Waals surface area (Å²) in [5.74, 6) is -3.22. The predicted molar refractivity (Wildman–Crippen MR) is 117 cm³/mol. The standard InChI is InChI=1S/C22H21F2N7O2/c1-13(32)30-9-6-18(22(23,24)12-30)27-21-28-20(33-2)19-15(5-10-31(19)29-21)14-3-4-16-17(11-14)26-8-7-25-16/h3-5,7-8,10-11,18H,6,9,12H2,1-2H3,(H,27,29). The summed E-state index contributed by atoms with van der Waals surface area (Å²) in [6.45, 7) is 0.885. The Kier molecular flexibility index (Phi) is 5.03. The molecule has 4 aromatic rings. The van der Waals surface area contributed by atoms with Crippen LogP contribution in [-0.4, -0.2) is 67.5 Å². The molecule has 33 heavy (non-hydrogen) atoms. The Labute approximate surface area is 187 Å². The monoisotopic (exact) mass is 453 g/mol. The van der Waals surface area contributed by atoms with Crippen LogP contribution >= 0.6 is 0 Å². The number of alkyl halides is 2. The predicted octanol–water partition coefficient (Wildman–Crippen LogP) is 3.02. The van der Waals surface area contributed by atoms with Crippen molar-refractivity contribution in [1.82, 2.24) is 29.5 Å². The third-order valence-corrected chi connectivity index (χ3v) is 5.80. The molecule has 1 aliphatic heterocycles. The Morgan fingerprint density at radius 1 is 1.21 bits per heavy atom. The van der Waals surface area contributed by atoms with Gasteiger partial charge in [-0.25, -0.2) is 13.3 Å². The first-order chi connectivity index (χ1) is 15.9. The van der Waals surface area contributed by atoms with E-state index in [0.717, 1.165) is 27.1 Å². The number of hydrogen-bond acceptors (Lipinski definition) is 7. The first-order valence-corrected chi connectivity index (χ1v) is 10.4. The Morgan fingerprint density at radius 2 is 2.00 bits per heavy atom. The van der Waals surface area contributed by atoms with Crippen LogP contribution in [0.1, 0.15) is 13.3 Å². The number of likely N-dealkylation sites (tertiary alicyclic amines) is 1. The smallest absolute Gasteiger partial charge is 0.285 e. The molecule has 1 atom stereocenters. The van der Waals surface area contributed by atoms with Crippen LogP contribution in [0.4, 0.5) is 14.7 Å². The van der Waals surface area contributed by atoms with Crippen molar-refractivity contribution in [3.63, 3.8) is 0 Å².